The summed E-state index contributed by atoms with van der Waals surface area (Å²) < 4.78 is 5.35. The van der Waals surface area contributed by atoms with E-state index in [0.717, 1.165) is 4.90 Å². The van der Waals surface area contributed by atoms with Crippen molar-refractivity contribution in [1.82, 2.24) is 4.90 Å². The fraction of sp³-hybridized carbons (Fsp3) is 0.500. The lowest BCUT2D eigenvalue weighted by Crippen LogP contribution is -2.47. The Labute approximate surface area is 152 Å². The number of nitrogens with one attached hydrogen (secondary N) is 1. The molecule has 0 aromatic heterocycles. The van der Waals surface area contributed by atoms with Crippen LogP contribution in [-0.2, 0) is 14.3 Å². The number of carbonyl (C=O) groups excluding carboxylic acids is 3. The lowest BCUT2D eigenvalue weighted by Gasteiger charge is -2.32. The van der Waals surface area contributed by atoms with E-state index in [4.69, 9.17) is 4.74 Å². The second-order valence-corrected chi connectivity index (χ2v) is 7.55. The van der Waals surface area contributed by atoms with Crippen LogP contribution in [0.4, 0.5) is 5.69 Å². The largest absolute Gasteiger partial charge is 0.449 e. The van der Waals surface area contributed by atoms with Crippen molar-refractivity contribution in [1.29, 1.82) is 0 Å². The van der Waals surface area contributed by atoms with E-state index in [1.807, 2.05) is 27.7 Å². The maximum atomic E-state index is 12.6. The van der Waals surface area contributed by atoms with Crippen molar-refractivity contribution in [2.24, 2.45) is 0 Å². The molecular formula is C18H24N2O4S. The van der Waals surface area contributed by atoms with Gasteiger partial charge in [0, 0.05) is 17.0 Å². The number of rotatable bonds is 5. The number of fused-ring (bicyclic) bond motifs is 1. The molecule has 136 valence electrons. The normalized spacial score (nSPS) is 14.8. The van der Waals surface area contributed by atoms with Crippen LogP contribution < -0.4 is 5.32 Å². The van der Waals surface area contributed by atoms with Gasteiger partial charge in [-0.15, -0.1) is 11.8 Å². The number of benzene rings is 1. The van der Waals surface area contributed by atoms with Crippen LogP contribution >= 0.6 is 11.8 Å². The summed E-state index contributed by atoms with van der Waals surface area (Å²) in [6, 6.07) is 5.04. The molecule has 0 saturated carbocycles. The fourth-order valence-electron chi connectivity index (χ4n) is 2.80. The molecule has 7 heteroatoms. The molecule has 6 nitrogen and oxygen atoms in total. The molecule has 0 fully saturated rings. The Morgan fingerprint density at radius 1 is 1.16 bits per heavy atom. The first kappa shape index (κ1) is 19.3. The summed E-state index contributed by atoms with van der Waals surface area (Å²) in [6.07, 6.45) is -0.878. The van der Waals surface area contributed by atoms with Crippen molar-refractivity contribution < 1.29 is 19.1 Å². The van der Waals surface area contributed by atoms with Crippen LogP contribution in [0.5, 0.6) is 0 Å². The van der Waals surface area contributed by atoms with E-state index in [-0.39, 0.29) is 23.9 Å². The molecule has 2 amide bonds. The monoisotopic (exact) mass is 364 g/mol. The van der Waals surface area contributed by atoms with E-state index in [2.05, 4.69) is 5.32 Å². The molecule has 1 aromatic carbocycles. The van der Waals surface area contributed by atoms with Crippen LogP contribution in [0.2, 0.25) is 0 Å². The summed E-state index contributed by atoms with van der Waals surface area (Å²) in [5, 5.41) is 2.74. The van der Waals surface area contributed by atoms with Gasteiger partial charge >= 0.3 is 5.97 Å². The Kier molecular flexibility index (Phi) is 6.11. The van der Waals surface area contributed by atoms with Crippen molar-refractivity contribution in [3.8, 4) is 0 Å². The van der Waals surface area contributed by atoms with E-state index < -0.39 is 12.1 Å². The SMILES string of the molecule is CC(OC(=O)c1ccc2c(c1)NC(=O)CS2)C(=O)N(C(C)C)C(C)C. The molecule has 1 aromatic rings. The first-order chi connectivity index (χ1) is 11.7. The van der Waals surface area contributed by atoms with Crippen LogP contribution in [0.3, 0.4) is 0 Å². The van der Waals surface area contributed by atoms with Crippen LogP contribution in [0, 0.1) is 0 Å². The predicted molar refractivity (Wildman–Crippen MR) is 97.8 cm³/mol. The number of ether oxygens (including phenoxy) is 1. The standard InChI is InChI=1S/C18H24N2O4S/c1-10(2)20(11(3)4)17(22)12(5)24-18(23)13-6-7-15-14(8-13)19-16(21)9-25-15/h6-8,10-12H,9H2,1-5H3,(H,19,21). The smallest absolute Gasteiger partial charge is 0.338 e. The third-order valence-corrected chi connectivity index (χ3v) is 4.92. The Bertz CT molecular complexity index is 680. The van der Waals surface area contributed by atoms with E-state index in [1.54, 1.807) is 30.0 Å². The number of nitrogens with zero attached hydrogens (tertiary/aromatic N) is 1. The summed E-state index contributed by atoms with van der Waals surface area (Å²) in [5.74, 6) is -0.542. The molecule has 0 saturated heterocycles. The van der Waals surface area contributed by atoms with Gasteiger partial charge in [-0.2, -0.15) is 0 Å². The quantitative estimate of drug-likeness (QED) is 0.813. The van der Waals surface area contributed by atoms with Crippen LogP contribution in [0.1, 0.15) is 45.0 Å². The zero-order valence-corrected chi connectivity index (χ0v) is 16.0. The second-order valence-electron chi connectivity index (χ2n) is 6.53. The minimum absolute atomic E-state index is 0.0182. The third-order valence-electron chi connectivity index (χ3n) is 3.85. The van der Waals surface area contributed by atoms with Gasteiger partial charge in [0.25, 0.3) is 5.91 Å². The van der Waals surface area contributed by atoms with Crippen molar-refractivity contribution in [3.63, 3.8) is 0 Å². The predicted octanol–water partition coefficient (Wildman–Crippen LogP) is 2.92. The molecule has 1 aliphatic rings. The van der Waals surface area contributed by atoms with Crippen molar-refractivity contribution in [2.45, 2.75) is 57.7 Å². The highest BCUT2D eigenvalue weighted by Gasteiger charge is 2.28. The summed E-state index contributed by atoms with van der Waals surface area (Å²) in [6.45, 7) is 9.28. The van der Waals surface area contributed by atoms with Crippen molar-refractivity contribution >= 4 is 35.2 Å². The Hall–Kier alpha value is -2.02. The average Bonchev–Trinajstić information content (AvgIpc) is 2.53. The topological polar surface area (TPSA) is 75.7 Å². The molecule has 1 unspecified atom stereocenters. The molecule has 0 spiro atoms. The summed E-state index contributed by atoms with van der Waals surface area (Å²) in [4.78, 5) is 39.0. The Balaban J connectivity index is 2.10. The van der Waals surface area contributed by atoms with Gasteiger partial charge in [-0.05, 0) is 52.8 Å². The molecule has 2 rings (SSSR count). The van der Waals surface area contributed by atoms with Gasteiger partial charge in [0.2, 0.25) is 5.91 Å². The molecular weight excluding hydrogens is 340 g/mol. The lowest BCUT2D eigenvalue weighted by atomic mass is 10.2. The number of amides is 2. The van der Waals surface area contributed by atoms with Gasteiger partial charge < -0.3 is 15.0 Å². The zero-order chi connectivity index (χ0) is 18.7. The molecule has 0 radical (unpaired) electrons. The zero-order valence-electron chi connectivity index (χ0n) is 15.2. The number of esters is 1. The summed E-state index contributed by atoms with van der Waals surface area (Å²) >= 11 is 1.42. The van der Waals surface area contributed by atoms with E-state index in [9.17, 15) is 14.4 Å². The Morgan fingerprint density at radius 2 is 1.80 bits per heavy atom. The maximum absolute atomic E-state index is 12.6. The highest BCUT2D eigenvalue weighted by atomic mass is 32.2. The van der Waals surface area contributed by atoms with Crippen LogP contribution in [0.15, 0.2) is 23.1 Å². The van der Waals surface area contributed by atoms with Crippen LogP contribution in [-0.4, -0.2) is 46.6 Å². The van der Waals surface area contributed by atoms with E-state index in [1.165, 1.54) is 11.8 Å². The van der Waals surface area contributed by atoms with E-state index >= 15 is 0 Å². The maximum Gasteiger partial charge on any atom is 0.338 e. The van der Waals surface area contributed by atoms with Gasteiger partial charge in [0.15, 0.2) is 6.10 Å². The average molecular weight is 364 g/mol. The number of thioether (sulfide) groups is 1. The molecule has 0 bridgehead atoms. The first-order valence-electron chi connectivity index (χ1n) is 8.30. The molecule has 0 aliphatic carbocycles. The molecule has 1 aliphatic heterocycles. The van der Waals surface area contributed by atoms with Gasteiger partial charge in [-0.25, -0.2) is 4.79 Å². The molecule has 1 N–H and O–H groups in total. The van der Waals surface area contributed by atoms with Crippen molar-refractivity contribution in [3.05, 3.63) is 23.8 Å². The second kappa shape index (κ2) is 7.91. The number of carbonyl (C=O) groups is 3. The first-order valence-corrected chi connectivity index (χ1v) is 9.29. The van der Waals surface area contributed by atoms with Gasteiger partial charge in [-0.1, -0.05) is 0 Å². The molecule has 25 heavy (non-hydrogen) atoms. The fourth-order valence-corrected chi connectivity index (χ4v) is 3.59. The molecule has 1 heterocycles. The van der Waals surface area contributed by atoms with Crippen molar-refractivity contribution in [2.75, 3.05) is 11.1 Å². The minimum atomic E-state index is -0.878. The third kappa shape index (κ3) is 4.54. The molecule has 1 atom stereocenters. The number of hydrogen-bond donors (Lipinski definition) is 1. The van der Waals surface area contributed by atoms with Crippen LogP contribution in [0.25, 0.3) is 0 Å². The van der Waals surface area contributed by atoms with Gasteiger partial charge in [0.05, 0.1) is 17.0 Å². The lowest BCUT2D eigenvalue weighted by molar-refractivity contribution is -0.143. The highest BCUT2D eigenvalue weighted by Crippen LogP contribution is 2.32. The van der Waals surface area contributed by atoms with E-state index in [0.29, 0.717) is 17.0 Å². The summed E-state index contributed by atoms with van der Waals surface area (Å²) in [5.41, 5.74) is 0.905. The van der Waals surface area contributed by atoms with Gasteiger partial charge in [-0.3, -0.25) is 9.59 Å². The Morgan fingerprint density at radius 3 is 2.40 bits per heavy atom. The summed E-state index contributed by atoms with van der Waals surface area (Å²) in [7, 11) is 0. The highest BCUT2D eigenvalue weighted by molar-refractivity contribution is 8.00. The number of anilines is 1. The number of hydrogen-bond acceptors (Lipinski definition) is 5. The minimum Gasteiger partial charge on any atom is -0.449 e. The van der Waals surface area contributed by atoms with Gasteiger partial charge in [0.1, 0.15) is 0 Å².